The zero-order valence-electron chi connectivity index (χ0n) is 16.4. The van der Waals surface area contributed by atoms with E-state index in [0.29, 0.717) is 24.6 Å². The summed E-state index contributed by atoms with van der Waals surface area (Å²) in [6.07, 6.45) is 6.39. The molecule has 2 heterocycles. The van der Waals surface area contributed by atoms with Gasteiger partial charge in [0.05, 0.1) is 19.2 Å². The fourth-order valence-electron chi connectivity index (χ4n) is 3.47. The highest BCUT2D eigenvalue weighted by Crippen LogP contribution is 2.24. The average Bonchev–Trinajstić information content (AvgIpc) is 3.16. The SMILES string of the molecule is COc1cccc(Oc2ccc(CNC(=O)Cc3n[nH]c4c3CCCC4)cn2)c1. The summed E-state index contributed by atoms with van der Waals surface area (Å²) >= 11 is 0. The second kappa shape index (κ2) is 8.77. The van der Waals surface area contributed by atoms with Gasteiger partial charge in [0.15, 0.2) is 0 Å². The Morgan fingerprint density at radius 1 is 1.17 bits per heavy atom. The lowest BCUT2D eigenvalue weighted by atomic mass is 9.95. The first-order chi connectivity index (χ1) is 14.2. The molecule has 0 radical (unpaired) electrons. The third-order valence-corrected chi connectivity index (χ3v) is 5.02. The fourth-order valence-corrected chi connectivity index (χ4v) is 3.47. The number of aromatic nitrogens is 3. The number of hydrogen-bond acceptors (Lipinski definition) is 5. The van der Waals surface area contributed by atoms with Crippen molar-refractivity contribution in [2.45, 2.75) is 38.6 Å². The number of pyridine rings is 1. The summed E-state index contributed by atoms with van der Waals surface area (Å²) in [5.41, 5.74) is 4.19. The Bertz CT molecular complexity index is 982. The number of methoxy groups -OCH3 is 1. The van der Waals surface area contributed by atoms with Crippen LogP contribution in [0.2, 0.25) is 0 Å². The standard InChI is InChI=1S/C22H24N4O3/c1-28-16-5-4-6-17(11-16)29-22-10-9-15(14-24-22)13-23-21(27)12-20-18-7-2-3-8-19(18)25-26-20/h4-6,9-11,14H,2-3,7-8,12-13H2,1H3,(H,23,27)(H,25,26). The van der Waals surface area contributed by atoms with Gasteiger partial charge in [-0.25, -0.2) is 4.98 Å². The number of amides is 1. The van der Waals surface area contributed by atoms with Crippen molar-refractivity contribution in [1.29, 1.82) is 0 Å². The Balaban J connectivity index is 1.29. The van der Waals surface area contributed by atoms with E-state index in [1.54, 1.807) is 25.4 Å². The summed E-state index contributed by atoms with van der Waals surface area (Å²) in [7, 11) is 1.61. The molecular weight excluding hydrogens is 368 g/mol. The van der Waals surface area contributed by atoms with Crippen LogP contribution in [0.15, 0.2) is 42.6 Å². The van der Waals surface area contributed by atoms with Crippen LogP contribution in [-0.2, 0) is 30.6 Å². The summed E-state index contributed by atoms with van der Waals surface area (Å²) in [6, 6.07) is 11.0. The Hall–Kier alpha value is -3.35. The number of aryl methyl sites for hydroxylation is 1. The van der Waals surface area contributed by atoms with Gasteiger partial charge >= 0.3 is 0 Å². The fraction of sp³-hybridized carbons (Fsp3) is 0.318. The lowest BCUT2D eigenvalue weighted by molar-refractivity contribution is -0.120. The number of benzene rings is 1. The predicted octanol–water partition coefficient (Wildman–Crippen LogP) is 3.34. The van der Waals surface area contributed by atoms with Crippen molar-refractivity contribution in [3.63, 3.8) is 0 Å². The van der Waals surface area contributed by atoms with Gasteiger partial charge in [0.25, 0.3) is 0 Å². The normalized spacial score (nSPS) is 12.9. The van der Waals surface area contributed by atoms with E-state index in [-0.39, 0.29) is 5.91 Å². The lowest BCUT2D eigenvalue weighted by Crippen LogP contribution is -2.25. The predicted molar refractivity (Wildman–Crippen MR) is 108 cm³/mol. The molecule has 0 bridgehead atoms. The molecule has 0 saturated heterocycles. The summed E-state index contributed by atoms with van der Waals surface area (Å²) in [5, 5.41) is 10.3. The quantitative estimate of drug-likeness (QED) is 0.644. The molecule has 150 valence electrons. The van der Waals surface area contributed by atoms with Crippen LogP contribution in [0.25, 0.3) is 0 Å². The van der Waals surface area contributed by atoms with Gasteiger partial charge in [-0.15, -0.1) is 0 Å². The number of aromatic amines is 1. The molecule has 7 nitrogen and oxygen atoms in total. The summed E-state index contributed by atoms with van der Waals surface area (Å²) in [6.45, 7) is 0.415. The van der Waals surface area contributed by atoms with Gasteiger partial charge in [0, 0.05) is 30.6 Å². The molecule has 0 spiro atoms. The van der Waals surface area contributed by atoms with Crippen LogP contribution in [0, 0.1) is 0 Å². The first-order valence-electron chi connectivity index (χ1n) is 9.80. The first kappa shape index (κ1) is 19.0. The molecule has 0 saturated carbocycles. The zero-order chi connectivity index (χ0) is 20.1. The Labute approximate surface area is 169 Å². The maximum Gasteiger partial charge on any atom is 0.226 e. The van der Waals surface area contributed by atoms with E-state index in [1.165, 1.54) is 17.7 Å². The maximum absolute atomic E-state index is 12.3. The minimum absolute atomic E-state index is 0.0402. The number of hydrogen-bond donors (Lipinski definition) is 2. The van der Waals surface area contributed by atoms with E-state index in [0.717, 1.165) is 36.3 Å². The van der Waals surface area contributed by atoms with Crippen LogP contribution in [0.4, 0.5) is 0 Å². The molecule has 1 aliphatic carbocycles. The lowest BCUT2D eigenvalue weighted by Gasteiger charge is -2.11. The van der Waals surface area contributed by atoms with Gasteiger partial charge < -0.3 is 14.8 Å². The molecule has 0 unspecified atom stereocenters. The number of ether oxygens (including phenoxy) is 2. The third-order valence-electron chi connectivity index (χ3n) is 5.02. The molecule has 0 fully saturated rings. The molecule has 1 aliphatic rings. The van der Waals surface area contributed by atoms with E-state index in [1.807, 2.05) is 24.3 Å². The molecule has 1 amide bonds. The van der Waals surface area contributed by atoms with E-state index in [9.17, 15) is 4.79 Å². The van der Waals surface area contributed by atoms with Gasteiger partial charge in [-0.3, -0.25) is 9.89 Å². The number of fused-ring (bicyclic) bond motifs is 1. The molecule has 0 atom stereocenters. The molecule has 2 aromatic heterocycles. The Kier molecular flexibility index (Phi) is 5.74. The highest BCUT2D eigenvalue weighted by Gasteiger charge is 2.18. The minimum atomic E-state index is -0.0402. The first-order valence-corrected chi connectivity index (χ1v) is 9.80. The maximum atomic E-state index is 12.3. The molecule has 2 N–H and O–H groups in total. The number of nitrogens with one attached hydrogen (secondary N) is 2. The van der Waals surface area contributed by atoms with Crippen molar-refractivity contribution in [2.24, 2.45) is 0 Å². The number of rotatable bonds is 7. The molecular formula is C22H24N4O3. The van der Waals surface area contributed by atoms with Gasteiger partial charge in [0.2, 0.25) is 11.8 Å². The second-order valence-corrected chi connectivity index (χ2v) is 7.07. The van der Waals surface area contributed by atoms with Crippen molar-refractivity contribution < 1.29 is 14.3 Å². The third kappa shape index (κ3) is 4.74. The van der Waals surface area contributed by atoms with Crippen LogP contribution < -0.4 is 14.8 Å². The van der Waals surface area contributed by atoms with Crippen LogP contribution in [0.5, 0.6) is 17.4 Å². The van der Waals surface area contributed by atoms with Gasteiger partial charge in [-0.1, -0.05) is 12.1 Å². The van der Waals surface area contributed by atoms with Crippen molar-refractivity contribution >= 4 is 5.91 Å². The summed E-state index contributed by atoms with van der Waals surface area (Å²) in [4.78, 5) is 16.6. The second-order valence-electron chi connectivity index (χ2n) is 7.07. The van der Waals surface area contributed by atoms with Crippen LogP contribution in [0.1, 0.15) is 35.4 Å². The minimum Gasteiger partial charge on any atom is -0.497 e. The highest BCUT2D eigenvalue weighted by molar-refractivity contribution is 5.78. The van der Waals surface area contributed by atoms with Crippen LogP contribution in [0.3, 0.4) is 0 Å². The smallest absolute Gasteiger partial charge is 0.226 e. The van der Waals surface area contributed by atoms with Crippen LogP contribution in [-0.4, -0.2) is 28.2 Å². The van der Waals surface area contributed by atoms with Crippen molar-refractivity contribution in [3.05, 3.63) is 65.1 Å². The van der Waals surface area contributed by atoms with E-state index < -0.39 is 0 Å². The van der Waals surface area contributed by atoms with E-state index >= 15 is 0 Å². The molecule has 1 aromatic carbocycles. The molecule has 4 rings (SSSR count). The largest absolute Gasteiger partial charge is 0.497 e. The number of carbonyl (C=O) groups is 1. The molecule has 0 aliphatic heterocycles. The monoisotopic (exact) mass is 392 g/mol. The highest BCUT2D eigenvalue weighted by atomic mass is 16.5. The van der Waals surface area contributed by atoms with Crippen molar-refractivity contribution in [2.75, 3.05) is 7.11 Å². The molecule has 7 heteroatoms. The molecule has 29 heavy (non-hydrogen) atoms. The van der Waals surface area contributed by atoms with Crippen molar-refractivity contribution in [1.82, 2.24) is 20.5 Å². The number of H-pyrrole nitrogens is 1. The van der Waals surface area contributed by atoms with Gasteiger partial charge in [-0.2, -0.15) is 5.10 Å². The zero-order valence-corrected chi connectivity index (χ0v) is 16.4. The summed E-state index contributed by atoms with van der Waals surface area (Å²) < 4.78 is 10.9. The van der Waals surface area contributed by atoms with Crippen LogP contribution >= 0.6 is 0 Å². The number of carbonyl (C=O) groups excluding carboxylic acids is 1. The van der Waals surface area contributed by atoms with Gasteiger partial charge in [0.1, 0.15) is 11.5 Å². The summed E-state index contributed by atoms with van der Waals surface area (Å²) in [5.74, 6) is 1.82. The number of nitrogens with zero attached hydrogens (tertiary/aromatic N) is 2. The Morgan fingerprint density at radius 2 is 2.03 bits per heavy atom. The van der Waals surface area contributed by atoms with E-state index in [4.69, 9.17) is 9.47 Å². The molecule has 3 aromatic rings. The Morgan fingerprint density at radius 3 is 2.86 bits per heavy atom. The average molecular weight is 392 g/mol. The van der Waals surface area contributed by atoms with Crippen molar-refractivity contribution in [3.8, 4) is 17.4 Å². The van der Waals surface area contributed by atoms with Gasteiger partial charge in [-0.05, 0) is 48.9 Å². The topological polar surface area (TPSA) is 89.1 Å². The van der Waals surface area contributed by atoms with E-state index in [2.05, 4.69) is 20.5 Å².